The molecule has 0 unspecified atom stereocenters. The van der Waals surface area contributed by atoms with Gasteiger partial charge in [-0.25, -0.2) is 4.79 Å². The molecule has 2 aromatic rings. The molecule has 1 aliphatic heterocycles. The first kappa shape index (κ1) is 15.7. The zero-order valence-electron chi connectivity index (χ0n) is 13.8. The summed E-state index contributed by atoms with van der Waals surface area (Å²) in [6.07, 6.45) is 2.48. The van der Waals surface area contributed by atoms with Gasteiger partial charge in [-0.3, -0.25) is 9.89 Å². The number of aromatic amines is 1. The Hall–Kier alpha value is -2.83. The highest BCUT2D eigenvalue weighted by molar-refractivity contribution is 5.96. The second kappa shape index (κ2) is 6.23. The number of rotatable bonds is 4. The zero-order valence-corrected chi connectivity index (χ0v) is 13.8. The van der Waals surface area contributed by atoms with Gasteiger partial charge in [0.25, 0.3) is 5.91 Å². The number of hydrogen-bond acceptors (Lipinski definition) is 4. The predicted molar refractivity (Wildman–Crippen MR) is 92.1 cm³/mol. The van der Waals surface area contributed by atoms with Crippen LogP contribution in [-0.4, -0.2) is 58.3 Å². The standard InChI is InChI=1S/C18H20N4O3/c23-17(13-3-5-14(6-4-13)18(24)25)22-9-7-21(8-10-22)16-11-15(19-20-16)12-1-2-12/h3-6,11-12H,1-2,7-10H2,(H,19,20)(H,24,25). The Morgan fingerprint density at radius 1 is 1.04 bits per heavy atom. The summed E-state index contributed by atoms with van der Waals surface area (Å²) < 4.78 is 0. The number of anilines is 1. The first-order valence-corrected chi connectivity index (χ1v) is 8.55. The number of hydrogen-bond donors (Lipinski definition) is 2. The molecule has 0 spiro atoms. The number of amides is 1. The molecule has 2 N–H and O–H groups in total. The van der Waals surface area contributed by atoms with Gasteiger partial charge in [-0.05, 0) is 37.1 Å². The van der Waals surface area contributed by atoms with Crippen LogP contribution in [-0.2, 0) is 0 Å². The summed E-state index contributed by atoms with van der Waals surface area (Å²) in [6, 6.07) is 8.21. The highest BCUT2D eigenvalue weighted by Crippen LogP contribution is 2.39. The van der Waals surface area contributed by atoms with Gasteiger partial charge in [0.15, 0.2) is 5.82 Å². The Labute approximate surface area is 145 Å². The fourth-order valence-electron chi connectivity index (χ4n) is 3.17. The Balaban J connectivity index is 1.37. The molecule has 1 amide bonds. The molecule has 130 valence electrons. The van der Waals surface area contributed by atoms with Crippen LogP contribution in [0.3, 0.4) is 0 Å². The number of piperazine rings is 1. The molecule has 4 rings (SSSR count). The molecule has 1 aromatic carbocycles. The summed E-state index contributed by atoms with van der Waals surface area (Å²) in [5.41, 5.74) is 1.92. The number of carbonyl (C=O) groups is 2. The number of aromatic nitrogens is 2. The maximum absolute atomic E-state index is 12.6. The van der Waals surface area contributed by atoms with E-state index in [0.717, 1.165) is 18.9 Å². The average Bonchev–Trinajstić information content (AvgIpc) is 3.38. The third-order valence-electron chi connectivity index (χ3n) is 4.87. The largest absolute Gasteiger partial charge is 0.478 e. The Kier molecular flexibility index (Phi) is 3.91. The van der Waals surface area contributed by atoms with Crippen LogP contribution in [0, 0.1) is 0 Å². The van der Waals surface area contributed by atoms with Crippen LogP contribution in [0.4, 0.5) is 5.82 Å². The van der Waals surface area contributed by atoms with Crippen LogP contribution < -0.4 is 4.90 Å². The fourth-order valence-corrected chi connectivity index (χ4v) is 3.17. The molecule has 7 nitrogen and oxygen atoms in total. The minimum absolute atomic E-state index is 0.0581. The lowest BCUT2D eigenvalue weighted by atomic mass is 10.1. The average molecular weight is 340 g/mol. The van der Waals surface area contributed by atoms with E-state index in [-0.39, 0.29) is 11.5 Å². The van der Waals surface area contributed by atoms with Gasteiger partial charge in [0.05, 0.1) is 5.56 Å². The van der Waals surface area contributed by atoms with Gasteiger partial charge in [0.1, 0.15) is 0 Å². The number of benzene rings is 1. The van der Waals surface area contributed by atoms with Crippen LogP contribution in [0.1, 0.15) is 45.2 Å². The van der Waals surface area contributed by atoms with Crippen LogP contribution in [0.25, 0.3) is 0 Å². The fraction of sp³-hybridized carbons (Fsp3) is 0.389. The van der Waals surface area contributed by atoms with Crippen molar-refractivity contribution in [1.29, 1.82) is 0 Å². The van der Waals surface area contributed by atoms with E-state index in [4.69, 9.17) is 5.11 Å². The molecular formula is C18H20N4O3. The van der Waals surface area contributed by atoms with E-state index < -0.39 is 5.97 Å². The number of carboxylic acid groups (broad SMARTS) is 1. The van der Waals surface area contributed by atoms with Crippen molar-refractivity contribution in [3.8, 4) is 0 Å². The molecule has 7 heteroatoms. The smallest absolute Gasteiger partial charge is 0.335 e. The van der Waals surface area contributed by atoms with Crippen molar-refractivity contribution in [2.45, 2.75) is 18.8 Å². The van der Waals surface area contributed by atoms with Crippen LogP contribution >= 0.6 is 0 Å². The first-order chi connectivity index (χ1) is 12.1. The van der Waals surface area contributed by atoms with Gasteiger partial charge in [0.2, 0.25) is 0 Å². The summed E-state index contributed by atoms with van der Waals surface area (Å²) in [6.45, 7) is 2.75. The van der Waals surface area contributed by atoms with E-state index in [1.165, 1.54) is 30.7 Å². The van der Waals surface area contributed by atoms with Gasteiger partial charge in [-0.15, -0.1) is 0 Å². The number of H-pyrrole nitrogens is 1. The van der Waals surface area contributed by atoms with Crippen molar-refractivity contribution >= 4 is 17.7 Å². The van der Waals surface area contributed by atoms with Crippen LogP contribution in [0.15, 0.2) is 30.3 Å². The molecule has 1 saturated heterocycles. The second-order valence-corrected chi connectivity index (χ2v) is 6.62. The quantitative estimate of drug-likeness (QED) is 0.888. The summed E-state index contributed by atoms with van der Waals surface area (Å²) in [5.74, 6) is 0.562. The van der Waals surface area contributed by atoms with Crippen molar-refractivity contribution in [1.82, 2.24) is 15.1 Å². The Morgan fingerprint density at radius 3 is 2.28 bits per heavy atom. The maximum Gasteiger partial charge on any atom is 0.335 e. The van der Waals surface area contributed by atoms with Gasteiger partial charge >= 0.3 is 5.97 Å². The van der Waals surface area contributed by atoms with E-state index in [0.29, 0.717) is 24.6 Å². The molecule has 1 aromatic heterocycles. The summed E-state index contributed by atoms with van der Waals surface area (Å²) in [5, 5.41) is 16.4. The molecule has 0 radical (unpaired) electrons. The molecule has 0 bridgehead atoms. The SMILES string of the molecule is O=C(O)c1ccc(C(=O)N2CCN(c3cc(C4CC4)[nH]n3)CC2)cc1. The van der Waals surface area contributed by atoms with Crippen molar-refractivity contribution in [2.75, 3.05) is 31.1 Å². The molecule has 25 heavy (non-hydrogen) atoms. The normalized spacial score (nSPS) is 17.6. The van der Waals surface area contributed by atoms with E-state index >= 15 is 0 Å². The summed E-state index contributed by atoms with van der Waals surface area (Å²) >= 11 is 0. The third kappa shape index (κ3) is 3.22. The van der Waals surface area contributed by atoms with E-state index in [1.54, 1.807) is 17.0 Å². The van der Waals surface area contributed by atoms with Gasteiger partial charge < -0.3 is 14.9 Å². The third-order valence-corrected chi connectivity index (χ3v) is 4.87. The van der Waals surface area contributed by atoms with Crippen molar-refractivity contribution in [2.24, 2.45) is 0 Å². The monoisotopic (exact) mass is 340 g/mol. The molecular weight excluding hydrogens is 320 g/mol. The van der Waals surface area contributed by atoms with Gasteiger partial charge in [-0.2, -0.15) is 5.10 Å². The molecule has 0 atom stereocenters. The molecule has 2 aliphatic rings. The minimum atomic E-state index is -0.989. The highest BCUT2D eigenvalue weighted by Gasteiger charge is 2.28. The second-order valence-electron chi connectivity index (χ2n) is 6.62. The number of nitrogens with one attached hydrogen (secondary N) is 1. The van der Waals surface area contributed by atoms with E-state index in [2.05, 4.69) is 21.2 Å². The lowest BCUT2D eigenvalue weighted by molar-refractivity contribution is 0.0693. The van der Waals surface area contributed by atoms with Crippen molar-refractivity contribution in [3.05, 3.63) is 47.2 Å². The summed E-state index contributed by atoms with van der Waals surface area (Å²) in [7, 11) is 0. The number of aromatic carboxylic acids is 1. The Bertz CT molecular complexity index is 787. The highest BCUT2D eigenvalue weighted by atomic mass is 16.4. The number of carboxylic acids is 1. The van der Waals surface area contributed by atoms with Crippen LogP contribution in [0.2, 0.25) is 0 Å². The van der Waals surface area contributed by atoms with E-state index in [1.807, 2.05) is 0 Å². The van der Waals surface area contributed by atoms with Crippen LogP contribution in [0.5, 0.6) is 0 Å². The number of nitrogens with zero attached hydrogens (tertiary/aromatic N) is 3. The topological polar surface area (TPSA) is 89.5 Å². The molecule has 2 fully saturated rings. The molecule has 1 saturated carbocycles. The molecule has 1 aliphatic carbocycles. The first-order valence-electron chi connectivity index (χ1n) is 8.55. The lowest BCUT2D eigenvalue weighted by Crippen LogP contribution is -2.49. The lowest BCUT2D eigenvalue weighted by Gasteiger charge is -2.34. The van der Waals surface area contributed by atoms with Gasteiger partial charge in [-0.1, -0.05) is 0 Å². The van der Waals surface area contributed by atoms with E-state index in [9.17, 15) is 9.59 Å². The predicted octanol–water partition coefficient (Wildman–Crippen LogP) is 1.95. The van der Waals surface area contributed by atoms with Crippen molar-refractivity contribution < 1.29 is 14.7 Å². The van der Waals surface area contributed by atoms with Crippen molar-refractivity contribution in [3.63, 3.8) is 0 Å². The number of carbonyl (C=O) groups excluding carboxylic acids is 1. The van der Waals surface area contributed by atoms with Gasteiger partial charge in [0, 0.05) is 49.4 Å². The maximum atomic E-state index is 12.6. The minimum Gasteiger partial charge on any atom is -0.478 e. The summed E-state index contributed by atoms with van der Waals surface area (Å²) in [4.78, 5) is 27.5. The zero-order chi connectivity index (χ0) is 17.4. The Morgan fingerprint density at radius 2 is 1.68 bits per heavy atom. The molecule has 2 heterocycles.